The number of carbonyl (C=O) groups excluding carboxylic acids is 4. The summed E-state index contributed by atoms with van der Waals surface area (Å²) in [5, 5.41) is 0.625. The Labute approximate surface area is 117 Å². The summed E-state index contributed by atoms with van der Waals surface area (Å²) < 4.78 is 9.65. The van der Waals surface area contributed by atoms with Gasteiger partial charge < -0.3 is 9.47 Å². The Morgan fingerprint density at radius 2 is 0.950 bits per heavy atom. The molecule has 0 aromatic heterocycles. The molecule has 0 fully saturated rings. The Kier molecular flexibility index (Phi) is 6.67. The molecule has 0 aliphatic carbocycles. The second-order valence-electron chi connectivity index (χ2n) is 4.53. The molecule has 4 amide bonds. The predicted octanol–water partition coefficient (Wildman–Crippen LogP) is 1.69. The third kappa shape index (κ3) is 5.25. The highest BCUT2D eigenvalue weighted by atomic mass is 16.6. The van der Waals surface area contributed by atoms with E-state index in [0.717, 1.165) is 13.8 Å². The largest absolute Gasteiger partial charge is 0.445 e. The monoisotopic (exact) mass is 288 g/mol. The molecule has 0 aliphatic heterocycles. The molecule has 8 nitrogen and oxygen atoms in total. The van der Waals surface area contributed by atoms with Gasteiger partial charge in [-0.15, -0.1) is 10.0 Å². The smallest absolute Gasteiger partial charge is 0.437 e. The van der Waals surface area contributed by atoms with E-state index in [4.69, 9.17) is 9.47 Å². The number of hydrogen-bond acceptors (Lipinski definition) is 6. The van der Waals surface area contributed by atoms with Crippen molar-refractivity contribution in [3.63, 3.8) is 0 Å². The lowest BCUT2D eigenvalue weighted by atomic mass is 10.5. The van der Waals surface area contributed by atoms with Crippen LogP contribution in [-0.2, 0) is 19.1 Å². The van der Waals surface area contributed by atoms with Crippen LogP contribution in [0.1, 0.15) is 41.5 Å². The van der Waals surface area contributed by atoms with Gasteiger partial charge in [0.05, 0.1) is 12.2 Å². The molecule has 114 valence electrons. The van der Waals surface area contributed by atoms with Gasteiger partial charge in [-0.3, -0.25) is 9.59 Å². The van der Waals surface area contributed by atoms with Crippen molar-refractivity contribution in [1.29, 1.82) is 0 Å². The molecule has 0 aromatic carbocycles. The van der Waals surface area contributed by atoms with Crippen LogP contribution in [0.25, 0.3) is 0 Å². The Bertz CT molecular complexity index is 367. The van der Waals surface area contributed by atoms with Crippen molar-refractivity contribution >= 4 is 24.0 Å². The van der Waals surface area contributed by atoms with E-state index in [1.807, 2.05) is 0 Å². The summed E-state index contributed by atoms with van der Waals surface area (Å²) in [6.07, 6.45) is -3.27. The molecule has 20 heavy (non-hydrogen) atoms. The second kappa shape index (κ2) is 7.46. The lowest BCUT2D eigenvalue weighted by Crippen LogP contribution is -2.55. The van der Waals surface area contributed by atoms with E-state index in [2.05, 4.69) is 0 Å². The number of amides is 4. The molecular weight excluding hydrogens is 268 g/mol. The Morgan fingerprint density at radius 3 is 1.10 bits per heavy atom. The van der Waals surface area contributed by atoms with E-state index in [-0.39, 0.29) is 0 Å². The van der Waals surface area contributed by atoms with Gasteiger partial charge in [-0.2, -0.15) is 0 Å². The summed E-state index contributed by atoms with van der Waals surface area (Å²) in [6, 6.07) is 0. The van der Waals surface area contributed by atoms with Crippen molar-refractivity contribution in [2.75, 3.05) is 0 Å². The van der Waals surface area contributed by atoms with Crippen molar-refractivity contribution in [2.24, 2.45) is 0 Å². The minimum Gasteiger partial charge on any atom is -0.445 e. The number of imide groups is 2. The molecule has 0 spiro atoms. The van der Waals surface area contributed by atoms with E-state index < -0.39 is 36.2 Å². The van der Waals surface area contributed by atoms with E-state index in [1.165, 1.54) is 0 Å². The summed E-state index contributed by atoms with van der Waals surface area (Å²) in [5.41, 5.74) is 0. The van der Waals surface area contributed by atoms with Crippen molar-refractivity contribution < 1.29 is 28.7 Å². The molecule has 0 rings (SSSR count). The average Bonchev–Trinajstić information content (AvgIpc) is 2.21. The van der Waals surface area contributed by atoms with Gasteiger partial charge in [-0.25, -0.2) is 9.59 Å². The fourth-order valence-electron chi connectivity index (χ4n) is 1.21. The second-order valence-corrected chi connectivity index (χ2v) is 4.53. The maximum Gasteiger partial charge on any atom is 0.437 e. The first-order valence-electron chi connectivity index (χ1n) is 6.10. The minimum atomic E-state index is -1.12. The van der Waals surface area contributed by atoms with Gasteiger partial charge in [0.15, 0.2) is 0 Å². The van der Waals surface area contributed by atoms with Gasteiger partial charge in [0.25, 0.3) is 0 Å². The van der Waals surface area contributed by atoms with Crippen molar-refractivity contribution in [3.05, 3.63) is 0 Å². The SMILES string of the molecule is CC(=O)N(C(=O)OC(C)C)N(C(C)=O)C(=O)OC(C)C. The quantitative estimate of drug-likeness (QED) is 0.718. The maximum absolute atomic E-state index is 11.8. The lowest BCUT2D eigenvalue weighted by molar-refractivity contribution is -0.154. The molecule has 8 heteroatoms. The van der Waals surface area contributed by atoms with E-state index in [0.29, 0.717) is 10.0 Å². The zero-order chi connectivity index (χ0) is 16.0. The molecule has 0 aliphatic rings. The molecule has 0 saturated carbocycles. The van der Waals surface area contributed by atoms with Gasteiger partial charge >= 0.3 is 12.2 Å². The molecule has 0 N–H and O–H groups in total. The molecule has 0 saturated heterocycles. The maximum atomic E-state index is 11.8. The first-order chi connectivity index (χ1) is 9.07. The topological polar surface area (TPSA) is 93.2 Å². The number of carbonyl (C=O) groups is 4. The molecule has 0 unspecified atom stereocenters. The van der Waals surface area contributed by atoms with Crippen LogP contribution in [0, 0.1) is 0 Å². The van der Waals surface area contributed by atoms with E-state index in [9.17, 15) is 19.2 Å². The number of ether oxygens (including phenoxy) is 2. The highest BCUT2D eigenvalue weighted by Gasteiger charge is 2.36. The summed E-state index contributed by atoms with van der Waals surface area (Å²) in [6.45, 7) is 8.34. The van der Waals surface area contributed by atoms with Crippen molar-refractivity contribution in [3.8, 4) is 0 Å². The van der Waals surface area contributed by atoms with Gasteiger partial charge in [0.1, 0.15) is 0 Å². The Balaban J connectivity index is 5.36. The highest BCUT2D eigenvalue weighted by molar-refractivity contribution is 5.99. The lowest BCUT2D eigenvalue weighted by Gasteiger charge is -2.29. The standard InChI is InChI=1S/C12H20N2O6/c1-7(2)19-11(17)13(9(5)15)14(10(6)16)12(18)20-8(3)4/h7-8H,1-6H3. The van der Waals surface area contributed by atoms with Crippen LogP contribution in [0.2, 0.25) is 0 Å². The Morgan fingerprint density at radius 1 is 0.700 bits per heavy atom. The number of nitrogens with zero attached hydrogens (tertiary/aromatic N) is 2. The molecule has 0 atom stereocenters. The van der Waals surface area contributed by atoms with Crippen LogP contribution < -0.4 is 0 Å². The number of hydrazine groups is 1. The normalized spacial score (nSPS) is 10.2. The summed E-state index contributed by atoms with van der Waals surface area (Å²) in [7, 11) is 0. The Hall–Kier alpha value is -2.12. The first kappa shape index (κ1) is 17.9. The zero-order valence-electron chi connectivity index (χ0n) is 12.5. The summed E-state index contributed by atoms with van der Waals surface area (Å²) in [5.74, 6) is -1.68. The summed E-state index contributed by atoms with van der Waals surface area (Å²) >= 11 is 0. The fraction of sp³-hybridized carbons (Fsp3) is 0.667. The number of rotatable bonds is 2. The van der Waals surface area contributed by atoms with Crippen LogP contribution in [0.3, 0.4) is 0 Å². The third-order valence-electron chi connectivity index (χ3n) is 1.82. The van der Waals surface area contributed by atoms with Crippen molar-refractivity contribution in [2.45, 2.75) is 53.8 Å². The molecule has 0 bridgehead atoms. The fourth-order valence-corrected chi connectivity index (χ4v) is 1.21. The predicted molar refractivity (Wildman–Crippen MR) is 68.3 cm³/mol. The average molecular weight is 288 g/mol. The van der Waals surface area contributed by atoms with Crippen LogP contribution in [-0.4, -0.2) is 46.2 Å². The summed E-state index contributed by atoms with van der Waals surface area (Å²) in [4.78, 5) is 46.7. The van der Waals surface area contributed by atoms with Crippen LogP contribution in [0.15, 0.2) is 0 Å². The molecule has 0 radical (unpaired) electrons. The molecule has 0 heterocycles. The molecular formula is C12H20N2O6. The van der Waals surface area contributed by atoms with Gasteiger partial charge in [0, 0.05) is 13.8 Å². The highest BCUT2D eigenvalue weighted by Crippen LogP contribution is 2.09. The van der Waals surface area contributed by atoms with Gasteiger partial charge in [-0.1, -0.05) is 0 Å². The van der Waals surface area contributed by atoms with Crippen LogP contribution in [0.5, 0.6) is 0 Å². The van der Waals surface area contributed by atoms with E-state index >= 15 is 0 Å². The van der Waals surface area contributed by atoms with Gasteiger partial charge in [-0.05, 0) is 27.7 Å². The van der Waals surface area contributed by atoms with Crippen molar-refractivity contribution in [1.82, 2.24) is 10.0 Å². The van der Waals surface area contributed by atoms with E-state index in [1.54, 1.807) is 27.7 Å². The number of hydrogen-bond donors (Lipinski definition) is 0. The van der Waals surface area contributed by atoms with Crippen LogP contribution >= 0.6 is 0 Å². The third-order valence-corrected chi connectivity index (χ3v) is 1.82. The first-order valence-corrected chi connectivity index (χ1v) is 6.10. The van der Waals surface area contributed by atoms with Crippen LogP contribution in [0.4, 0.5) is 9.59 Å². The minimum absolute atomic E-state index is 0.313. The van der Waals surface area contributed by atoms with Gasteiger partial charge in [0.2, 0.25) is 11.8 Å². The zero-order valence-corrected chi connectivity index (χ0v) is 12.5. The molecule has 0 aromatic rings.